The van der Waals surface area contributed by atoms with E-state index in [0.717, 1.165) is 12.1 Å². The van der Waals surface area contributed by atoms with Crippen LogP contribution in [0.5, 0.6) is 0 Å². The van der Waals surface area contributed by atoms with Gasteiger partial charge in [0.15, 0.2) is 0 Å². The molecule has 0 N–H and O–H groups in total. The van der Waals surface area contributed by atoms with Crippen LogP contribution in [0.25, 0.3) is 3.58 Å². The molecule has 0 saturated heterocycles. The van der Waals surface area contributed by atoms with Gasteiger partial charge in [-0.15, -0.1) is 0 Å². The highest BCUT2D eigenvalue weighted by Crippen LogP contribution is 2.28. The minimum atomic E-state index is -4.34. The Labute approximate surface area is 91.8 Å². The Bertz CT molecular complexity index is 337. The molecule has 1 aromatic carbocycles. The van der Waals surface area contributed by atoms with Crippen molar-refractivity contribution in [2.24, 2.45) is 0 Å². The van der Waals surface area contributed by atoms with E-state index in [-0.39, 0.29) is 9.66 Å². The maximum absolute atomic E-state index is 12.4. The Balaban J connectivity index is 2.95. The minimum absolute atomic E-state index is 0.0371. The van der Waals surface area contributed by atoms with Crippen molar-refractivity contribution in [1.82, 2.24) is 0 Å². The average Bonchev–Trinajstić information content (AvgIpc) is 2.02. The molecule has 0 radical (unpaired) electrons. The number of alkyl halides is 3. The third-order valence-electron chi connectivity index (χ3n) is 1.41. The van der Waals surface area contributed by atoms with Gasteiger partial charge in [-0.1, -0.05) is 12.1 Å². The van der Waals surface area contributed by atoms with Gasteiger partial charge in [-0.3, -0.25) is 0 Å². The Kier molecular flexibility index (Phi) is 3.52. The van der Waals surface area contributed by atoms with Crippen LogP contribution in [0.15, 0.2) is 30.3 Å². The van der Waals surface area contributed by atoms with Crippen LogP contribution in [0.1, 0.15) is 5.56 Å². The van der Waals surface area contributed by atoms with Crippen molar-refractivity contribution in [3.05, 3.63) is 41.7 Å². The fourth-order valence-corrected chi connectivity index (χ4v) is 1.55. The van der Waals surface area contributed by atoms with Gasteiger partial charge in [0.25, 0.3) is 0 Å². The van der Waals surface area contributed by atoms with Crippen molar-refractivity contribution in [2.45, 2.75) is 6.18 Å². The predicted molar refractivity (Wildman–Crippen MR) is 54.5 cm³/mol. The van der Waals surface area contributed by atoms with E-state index >= 15 is 0 Å². The molecule has 1 rings (SSSR count). The van der Waals surface area contributed by atoms with E-state index in [4.69, 9.17) is 0 Å². The molecule has 76 valence electrons. The Morgan fingerprint density at radius 2 is 1.64 bits per heavy atom. The lowest BCUT2D eigenvalue weighted by molar-refractivity contribution is -0.0791. The lowest BCUT2D eigenvalue weighted by Gasteiger charge is -2.02. The van der Waals surface area contributed by atoms with E-state index in [9.17, 15) is 17.6 Å². The molecule has 0 bridgehead atoms. The van der Waals surface area contributed by atoms with Crippen molar-refractivity contribution in [3.63, 3.8) is 0 Å². The molecule has 0 unspecified atom stereocenters. The first-order chi connectivity index (χ1) is 6.38. The molecule has 0 aliphatic carbocycles. The quantitative estimate of drug-likeness (QED) is 0.539. The maximum atomic E-state index is 12.4. The minimum Gasteiger partial charge on any atom is -0.207 e. The second-order valence-electron chi connectivity index (χ2n) is 2.54. The van der Waals surface area contributed by atoms with E-state index in [1.54, 1.807) is 22.6 Å². The molecular weight excluding hydrogens is 311 g/mol. The third kappa shape index (κ3) is 3.65. The molecule has 0 nitrogen and oxygen atoms in total. The average molecular weight is 316 g/mol. The van der Waals surface area contributed by atoms with Crippen LogP contribution >= 0.6 is 22.6 Å². The second-order valence-corrected chi connectivity index (χ2v) is 3.70. The molecule has 5 heteroatoms. The normalized spacial score (nSPS) is 13.1. The molecule has 0 heterocycles. The van der Waals surface area contributed by atoms with Gasteiger partial charge in [0.1, 0.15) is 5.82 Å². The van der Waals surface area contributed by atoms with E-state index in [2.05, 4.69) is 0 Å². The van der Waals surface area contributed by atoms with Crippen LogP contribution in [-0.4, -0.2) is 6.18 Å². The van der Waals surface area contributed by atoms with Gasteiger partial charge in [0.05, 0.1) is 0 Å². The highest BCUT2D eigenvalue weighted by Gasteiger charge is 2.24. The predicted octanol–water partition coefficient (Wildman–Crippen LogP) is 4.16. The molecule has 0 fully saturated rings. The van der Waals surface area contributed by atoms with Gasteiger partial charge in [-0.2, -0.15) is 13.2 Å². The van der Waals surface area contributed by atoms with Gasteiger partial charge in [-0.25, -0.2) is 4.39 Å². The maximum Gasteiger partial charge on any atom is 0.410 e. The monoisotopic (exact) mass is 316 g/mol. The fraction of sp³-hybridized carbons (Fsp3) is 0.111. The molecular formula is C9H5F4I. The lowest BCUT2D eigenvalue weighted by Crippen LogP contribution is -2.01. The summed E-state index contributed by atoms with van der Waals surface area (Å²) in [6.07, 6.45) is -4.16. The molecule has 1 aromatic rings. The zero-order valence-corrected chi connectivity index (χ0v) is 8.93. The lowest BCUT2D eigenvalue weighted by atomic mass is 10.2. The molecule has 14 heavy (non-hydrogen) atoms. The molecule has 0 aliphatic heterocycles. The van der Waals surface area contributed by atoms with Crippen molar-refractivity contribution in [2.75, 3.05) is 0 Å². The van der Waals surface area contributed by atoms with Crippen molar-refractivity contribution in [1.29, 1.82) is 0 Å². The number of hydrogen-bond donors (Lipinski definition) is 0. The zero-order valence-electron chi connectivity index (χ0n) is 6.78. The fourth-order valence-electron chi connectivity index (χ4n) is 0.836. The summed E-state index contributed by atoms with van der Waals surface area (Å²) >= 11 is 1.56. The third-order valence-corrected chi connectivity index (χ3v) is 2.34. The van der Waals surface area contributed by atoms with Gasteiger partial charge < -0.3 is 0 Å². The van der Waals surface area contributed by atoms with E-state index in [1.807, 2.05) is 0 Å². The largest absolute Gasteiger partial charge is 0.410 e. The van der Waals surface area contributed by atoms with Crippen LogP contribution in [0.4, 0.5) is 17.6 Å². The first-order valence-electron chi connectivity index (χ1n) is 3.59. The number of rotatable bonds is 1. The number of halogens is 5. The summed E-state index contributed by atoms with van der Waals surface area (Å²) in [7, 11) is 0. The number of benzene rings is 1. The van der Waals surface area contributed by atoms with E-state index in [0.29, 0.717) is 5.56 Å². The van der Waals surface area contributed by atoms with E-state index in [1.165, 1.54) is 12.1 Å². The Morgan fingerprint density at radius 1 is 1.14 bits per heavy atom. The summed E-state index contributed by atoms with van der Waals surface area (Å²) in [5, 5.41) is 0. The molecule has 0 amide bonds. The molecule has 0 spiro atoms. The standard InChI is InChI=1S/C9H5F4I/c10-7-3-1-6(2-4-7)8(14)5-9(11,12)13/h1-5H/b8-5-. The van der Waals surface area contributed by atoms with Crippen LogP contribution in [-0.2, 0) is 0 Å². The zero-order chi connectivity index (χ0) is 10.8. The first-order valence-corrected chi connectivity index (χ1v) is 4.67. The topological polar surface area (TPSA) is 0 Å². The van der Waals surface area contributed by atoms with Crippen molar-refractivity contribution >= 4 is 26.2 Å². The molecule has 0 aromatic heterocycles. The van der Waals surface area contributed by atoms with Crippen LogP contribution in [0, 0.1) is 5.82 Å². The Hall–Kier alpha value is -0.590. The summed E-state index contributed by atoms with van der Waals surface area (Å²) in [6.45, 7) is 0. The SMILES string of the molecule is Fc1ccc(/C(I)=C/C(F)(F)F)cc1. The summed E-state index contributed by atoms with van der Waals surface area (Å²) < 4.78 is 48.2. The number of hydrogen-bond acceptors (Lipinski definition) is 0. The smallest absolute Gasteiger partial charge is 0.207 e. The van der Waals surface area contributed by atoms with Gasteiger partial charge in [-0.05, 0) is 40.3 Å². The van der Waals surface area contributed by atoms with Gasteiger partial charge in [0, 0.05) is 9.66 Å². The van der Waals surface area contributed by atoms with Gasteiger partial charge >= 0.3 is 6.18 Å². The molecule has 0 atom stereocenters. The van der Waals surface area contributed by atoms with Gasteiger partial charge in [0.2, 0.25) is 0 Å². The van der Waals surface area contributed by atoms with Crippen molar-refractivity contribution in [3.8, 4) is 0 Å². The second kappa shape index (κ2) is 4.29. The Morgan fingerprint density at radius 3 is 2.07 bits per heavy atom. The summed E-state index contributed by atoms with van der Waals surface area (Å²) in [6, 6.07) is 4.86. The van der Waals surface area contributed by atoms with Crippen LogP contribution in [0.3, 0.4) is 0 Å². The van der Waals surface area contributed by atoms with E-state index < -0.39 is 12.0 Å². The molecule has 0 saturated carbocycles. The van der Waals surface area contributed by atoms with Crippen molar-refractivity contribution < 1.29 is 17.6 Å². The summed E-state index contributed by atoms with van der Waals surface area (Å²) in [4.78, 5) is 0. The first kappa shape index (κ1) is 11.5. The highest BCUT2D eigenvalue weighted by molar-refractivity contribution is 14.1. The molecule has 0 aliphatic rings. The summed E-state index contributed by atoms with van der Waals surface area (Å²) in [5.41, 5.74) is 0.351. The van der Waals surface area contributed by atoms with Crippen LogP contribution in [0.2, 0.25) is 0 Å². The highest BCUT2D eigenvalue weighted by atomic mass is 127. The number of allylic oxidation sites excluding steroid dienone is 1. The van der Waals surface area contributed by atoms with Crippen LogP contribution < -0.4 is 0 Å². The summed E-state index contributed by atoms with van der Waals surface area (Å²) in [5.74, 6) is -0.468.